The van der Waals surface area contributed by atoms with Crippen LogP contribution in [0.2, 0.25) is 0 Å². The summed E-state index contributed by atoms with van der Waals surface area (Å²) in [7, 11) is 0. The minimum Gasteiger partial charge on any atom is -0.489 e. The lowest BCUT2D eigenvalue weighted by atomic mass is 10.1. The van der Waals surface area contributed by atoms with E-state index in [0.29, 0.717) is 18.9 Å². The van der Waals surface area contributed by atoms with Crippen LogP contribution in [0, 0.1) is 6.92 Å². The summed E-state index contributed by atoms with van der Waals surface area (Å²) in [6.45, 7) is 6.55. The van der Waals surface area contributed by atoms with E-state index < -0.39 is 0 Å². The highest BCUT2D eigenvalue weighted by Gasteiger charge is 2.24. The molecule has 0 radical (unpaired) electrons. The number of hydrogen-bond acceptors (Lipinski definition) is 2. The predicted molar refractivity (Wildman–Crippen MR) is 102 cm³/mol. The molecular weight excluding hydrogens is 310 g/mol. The van der Waals surface area contributed by atoms with Crippen LogP contribution in [0.5, 0.6) is 5.75 Å². The monoisotopic (exact) mass is 337 g/mol. The normalized spacial score (nSPS) is 13.6. The van der Waals surface area contributed by atoms with E-state index in [2.05, 4.69) is 49.5 Å². The van der Waals surface area contributed by atoms with Gasteiger partial charge in [0.05, 0.1) is 0 Å². The highest BCUT2D eigenvalue weighted by atomic mass is 16.5. The zero-order chi connectivity index (χ0) is 17.8. The van der Waals surface area contributed by atoms with E-state index in [-0.39, 0.29) is 5.91 Å². The molecule has 0 spiro atoms. The zero-order valence-corrected chi connectivity index (χ0v) is 15.4. The Morgan fingerprint density at radius 1 is 1.16 bits per heavy atom. The van der Waals surface area contributed by atoms with Gasteiger partial charge in [0.1, 0.15) is 12.4 Å². The van der Waals surface area contributed by atoms with Crippen molar-refractivity contribution in [1.82, 2.24) is 0 Å². The molecule has 3 rings (SSSR count). The SMILES string of the molecule is CCC(=O)Nc1cc(C2CC2)ccc1COc1ccc(CC)cc1C. The van der Waals surface area contributed by atoms with Gasteiger partial charge >= 0.3 is 0 Å². The molecule has 132 valence electrons. The maximum Gasteiger partial charge on any atom is 0.224 e. The van der Waals surface area contributed by atoms with Crippen molar-refractivity contribution in [1.29, 1.82) is 0 Å². The van der Waals surface area contributed by atoms with E-state index in [1.165, 1.54) is 24.0 Å². The zero-order valence-electron chi connectivity index (χ0n) is 15.4. The molecule has 0 heterocycles. The van der Waals surface area contributed by atoms with E-state index in [9.17, 15) is 4.79 Å². The molecule has 1 aliphatic carbocycles. The third kappa shape index (κ3) is 4.41. The van der Waals surface area contributed by atoms with Gasteiger partial charge < -0.3 is 10.1 Å². The minimum absolute atomic E-state index is 0.0395. The number of ether oxygens (including phenoxy) is 1. The van der Waals surface area contributed by atoms with Gasteiger partial charge in [-0.3, -0.25) is 4.79 Å². The molecule has 3 nitrogen and oxygen atoms in total. The second kappa shape index (κ2) is 7.73. The fraction of sp³-hybridized carbons (Fsp3) is 0.409. The highest BCUT2D eigenvalue weighted by molar-refractivity contribution is 5.91. The summed E-state index contributed by atoms with van der Waals surface area (Å²) >= 11 is 0. The van der Waals surface area contributed by atoms with Gasteiger partial charge in [0, 0.05) is 17.7 Å². The average molecular weight is 337 g/mol. The number of anilines is 1. The van der Waals surface area contributed by atoms with Crippen LogP contribution in [-0.4, -0.2) is 5.91 Å². The molecule has 0 unspecified atom stereocenters. The van der Waals surface area contributed by atoms with Crippen LogP contribution in [0.25, 0.3) is 0 Å². The molecule has 0 bridgehead atoms. The molecule has 1 saturated carbocycles. The van der Waals surface area contributed by atoms with Crippen molar-refractivity contribution in [3.63, 3.8) is 0 Å². The van der Waals surface area contributed by atoms with Crippen LogP contribution >= 0.6 is 0 Å². The Hall–Kier alpha value is -2.29. The molecule has 2 aromatic carbocycles. The fourth-order valence-electron chi connectivity index (χ4n) is 2.99. The summed E-state index contributed by atoms with van der Waals surface area (Å²) in [5, 5.41) is 3.03. The Bertz CT molecular complexity index is 763. The average Bonchev–Trinajstić information content (AvgIpc) is 3.46. The largest absolute Gasteiger partial charge is 0.489 e. The maximum absolute atomic E-state index is 11.9. The quantitative estimate of drug-likeness (QED) is 0.738. The van der Waals surface area contributed by atoms with E-state index in [0.717, 1.165) is 29.0 Å². The Kier molecular flexibility index (Phi) is 5.42. The van der Waals surface area contributed by atoms with Crippen molar-refractivity contribution in [3.8, 4) is 5.75 Å². The third-order valence-corrected chi connectivity index (χ3v) is 4.81. The smallest absolute Gasteiger partial charge is 0.224 e. The van der Waals surface area contributed by atoms with Crippen molar-refractivity contribution in [2.45, 2.75) is 59.0 Å². The minimum atomic E-state index is 0.0395. The molecular formula is C22H27NO2. The van der Waals surface area contributed by atoms with Gasteiger partial charge in [0.2, 0.25) is 5.91 Å². The van der Waals surface area contributed by atoms with Crippen LogP contribution in [0.1, 0.15) is 61.3 Å². The third-order valence-electron chi connectivity index (χ3n) is 4.81. The van der Waals surface area contributed by atoms with Crippen LogP contribution in [0.4, 0.5) is 5.69 Å². The summed E-state index contributed by atoms with van der Waals surface area (Å²) in [6.07, 6.45) is 4.00. The standard InChI is InChI=1S/C22H27NO2/c1-4-16-6-11-21(15(3)12-16)25-14-19-10-9-18(17-7-8-17)13-20(19)23-22(24)5-2/h6,9-13,17H,4-5,7-8,14H2,1-3H3,(H,23,24). The number of rotatable bonds is 7. The van der Waals surface area contributed by atoms with Gasteiger partial charge in [0.25, 0.3) is 0 Å². The lowest BCUT2D eigenvalue weighted by molar-refractivity contribution is -0.115. The van der Waals surface area contributed by atoms with Gasteiger partial charge in [-0.25, -0.2) is 0 Å². The van der Waals surface area contributed by atoms with E-state index in [1.54, 1.807) is 0 Å². The second-order valence-electron chi connectivity index (χ2n) is 6.83. The first kappa shape index (κ1) is 17.5. The number of hydrogen-bond donors (Lipinski definition) is 1. The summed E-state index contributed by atoms with van der Waals surface area (Å²) < 4.78 is 6.04. The molecule has 25 heavy (non-hydrogen) atoms. The van der Waals surface area contributed by atoms with Gasteiger partial charge in [-0.2, -0.15) is 0 Å². The van der Waals surface area contributed by atoms with Crippen molar-refractivity contribution in [3.05, 3.63) is 58.7 Å². The first-order chi connectivity index (χ1) is 12.1. The van der Waals surface area contributed by atoms with Crippen LogP contribution in [-0.2, 0) is 17.8 Å². The second-order valence-corrected chi connectivity index (χ2v) is 6.83. The molecule has 2 aromatic rings. The molecule has 1 aliphatic rings. The molecule has 3 heteroatoms. The van der Waals surface area contributed by atoms with Crippen LogP contribution in [0.15, 0.2) is 36.4 Å². The Labute approximate surface area is 150 Å². The lowest BCUT2D eigenvalue weighted by Gasteiger charge is -2.15. The molecule has 1 amide bonds. The van der Waals surface area contributed by atoms with Crippen molar-refractivity contribution < 1.29 is 9.53 Å². The fourth-order valence-corrected chi connectivity index (χ4v) is 2.99. The number of carbonyl (C=O) groups excluding carboxylic acids is 1. The van der Waals surface area contributed by atoms with Gasteiger partial charge in [-0.05, 0) is 60.9 Å². The van der Waals surface area contributed by atoms with Gasteiger partial charge in [0.15, 0.2) is 0 Å². The Balaban J connectivity index is 1.77. The van der Waals surface area contributed by atoms with Crippen molar-refractivity contribution in [2.75, 3.05) is 5.32 Å². The molecule has 0 atom stereocenters. The summed E-state index contributed by atoms with van der Waals surface area (Å²) in [5.41, 5.74) is 5.69. The van der Waals surface area contributed by atoms with E-state index in [4.69, 9.17) is 4.74 Å². The first-order valence-electron chi connectivity index (χ1n) is 9.25. The van der Waals surface area contributed by atoms with E-state index >= 15 is 0 Å². The van der Waals surface area contributed by atoms with Crippen molar-refractivity contribution >= 4 is 11.6 Å². The van der Waals surface area contributed by atoms with Crippen molar-refractivity contribution in [2.24, 2.45) is 0 Å². The maximum atomic E-state index is 11.9. The summed E-state index contributed by atoms with van der Waals surface area (Å²) in [4.78, 5) is 11.9. The number of amides is 1. The molecule has 1 fully saturated rings. The highest BCUT2D eigenvalue weighted by Crippen LogP contribution is 2.41. The van der Waals surface area contributed by atoms with Gasteiger partial charge in [-0.15, -0.1) is 0 Å². The number of aryl methyl sites for hydroxylation is 2. The molecule has 0 aliphatic heterocycles. The molecule has 0 saturated heterocycles. The number of carbonyl (C=O) groups is 1. The van der Waals surface area contributed by atoms with Gasteiger partial charge in [-0.1, -0.05) is 38.1 Å². The Morgan fingerprint density at radius 3 is 2.60 bits per heavy atom. The Morgan fingerprint density at radius 2 is 1.96 bits per heavy atom. The number of benzene rings is 2. The van der Waals surface area contributed by atoms with Crippen LogP contribution in [0.3, 0.4) is 0 Å². The lowest BCUT2D eigenvalue weighted by Crippen LogP contribution is -2.12. The first-order valence-corrected chi connectivity index (χ1v) is 9.25. The van der Waals surface area contributed by atoms with Crippen LogP contribution < -0.4 is 10.1 Å². The molecule has 0 aromatic heterocycles. The van der Waals surface area contributed by atoms with E-state index in [1.807, 2.05) is 13.0 Å². The topological polar surface area (TPSA) is 38.3 Å². The summed E-state index contributed by atoms with van der Waals surface area (Å²) in [5.74, 6) is 1.60. The summed E-state index contributed by atoms with van der Waals surface area (Å²) in [6, 6.07) is 12.7. The number of nitrogens with one attached hydrogen (secondary N) is 1. The molecule has 1 N–H and O–H groups in total. The predicted octanol–water partition coefficient (Wildman–Crippen LogP) is 5.36.